The van der Waals surface area contributed by atoms with Crippen LogP contribution in [0.5, 0.6) is 0 Å². The molecule has 1 saturated carbocycles. The van der Waals surface area contributed by atoms with Crippen LogP contribution in [0.15, 0.2) is 30.4 Å². The van der Waals surface area contributed by atoms with Crippen LogP contribution in [-0.2, 0) is 0 Å². The molecule has 2 aromatic heterocycles. The second-order valence-electron chi connectivity index (χ2n) is 8.54. The van der Waals surface area contributed by atoms with Crippen LogP contribution in [0.25, 0.3) is 5.65 Å². The molecule has 0 radical (unpaired) electrons. The lowest BCUT2D eigenvalue weighted by molar-refractivity contribution is -0.160. The predicted octanol–water partition coefficient (Wildman–Crippen LogP) is 1.46. The predicted molar refractivity (Wildman–Crippen MR) is 106 cm³/mol. The van der Waals surface area contributed by atoms with E-state index in [4.69, 9.17) is 0 Å². The van der Waals surface area contributed by atoms with Crippen LogP contribution in [0.4, 0.5) is 27.8 Å². The summed E-state index contributed by atoms with van der Waals surface area (Å²) in [7, 11) is 0. The number of halogens is 5. The van der Waals surface area contributed by atoms with Gasteiger partial charge >= 0.3 is 12.7 Å². The van der Waals surface area contributed by atoms with E-state index >= 15 is 0 Å². The van der Waals surface area contributed by atoms with Crippen LogP contribution < -0.4 is 21.0 Å². The lowest BCUT2D eigenvalue weighted by Crippen LogP contribution is -2.49. The highest BCUT2D eigenvalue weighted by Gasteiger charge is 2.48. The number of aromatic nitrogens is 3. The molecule has 14 heteroatoms. The SMILES string of the molecule is O=C(NC1=CN(C(F)F)NC1C(F)(F)F)c1cnn2ccc(N3CCNCC4(CC4)C3)nc12. The smallest absolute Gasteiger partial charge is 0.355 e. The highest BCUT2D eigenvalue weighted by atomic mass is 19.4. The first kappa shape index (κ1) is 21.8. The van der Waals surface area contributed by atoms with Gasteiger partial charge in [-0.15, -0.1) is 0 Å². The van der Waals surface area contributed by atoms with Crippen molar-refractivity contribution in [2.45, 2.75) is 31.6 Å². The van der Waals surface area contributed by atoms with Crippen LogP contribution in [-0.4, -0.2) is 70.5 Å². The van der Waals surface area contributed by atoms with Gasteiger partial charge in [-0.3, -0.25) is 9.80 Å². The Labute approximate surface area is 184 Å². The number of carbonyl (C=O) groups is 1. The molecule has 2 aromatic rings. The molecule has 0 aromatic carbocycles. The third kappa shape index (κ3) is 4.19. The Kier molecular flexibility index (Phi) is 5.16. The van der Waals surface area contributed by atoms with Crippen molar-refractivity contribution in [1.82, 2.24) is 35.7 Å². The number of hydrogen-bond acceptors (Lipinski definition) is 7. The number of alkyl halides is 5. The Morgan fingerprint density at radius 3 is 2.79 bits per heavy atom. The maximum absolute atomic E-state index is 13.3. The van der Waals surface area contributed by atoms with Crippen molar-refractivity contribution in [1.29, 1.82) is 0 Å². The Morgan fingerprint density at radius 2 is 2.09 bits per heavy atom. The fourth-order valence-corrected chi connectivity index (χ4v) is 4.16. The van der Waals surface area contributed by atoms with Crippen molar-refractivity contribution < 1.29 is 26.7 Å². The molecule has 2 fully saturated rings. The maximum Gasteiger partial charge on any atom is 0.411 e. The van der Waals surface area contributed by atoms with Crippen molar-refractivity contribution in [2.24, 2.45) is 5.41 Å². The molecule has 1 unspecified atom stereocenters. The van der Waals surface area contributed by atoms with Gasteiger partial charge in [-0.25, -0.2) is 14.9 Å². The minimum Gasteiger partial charge on any atom is -0.355 e. The molecule has 33 heavy (non-hydrogen) atoms. The van der Waals surface area contributed by atoms with Crippen molar-refractivity contribution in [3.05, 3.63) is 35.9 Å². The number of nitrogens with zero attached hydrogens (tertiary/aromatic N) is 5. The largest absolute Gasteiger partial charge is 0.411 e. The first-order chi connectivity index (χ1) is 15.7. The average Bonchev–Trinajstić information content (AvgIpc) is 3.24. The van der Waals surface area contributed by atoms with Crippen molar-refractivity contribution >= 4 is 17.4 Å². The number of carbonyl (C=O) groups excluding carboxylic acids is 1. The van der Waals surface area contributed by atoms with Gasteiger partial charge in [0.2, 0.25) is 0 Å². The van der Waals surface area contributed by atoms with Gasteiger partial charge in [-0.2, -0.15) is 27.1 Å². The minimum atomic E-state index is -4.89. The molecule has 1 spiro atoms. The third-order valence-corrected chi connectivity index (χ3v) is 6.13. The molecule has 2 aliphatic heterocycles. The van der Waals surface area contributed by atoms with Crippen LogP contribution in [0.1, 0.15) is 23.2 Å². The Bertz CT molecular complexity index is 1100. The molecule has 3 aliphatic rings. The molecular weight excluding hydrogens is 451 g/mol. The maximum atomic E-state index is 13.3. The van der Waals surface area contributed by atoms with Gasteiger partial charge in [0.05, 0.1) is 11.9 Å². The van der Waals surface area contributed by atoms with E-state index in [9.17, 15) is 26.7 Å². The molecule has 9 nitrogen and oxygen atoms in total. The molecular formula is C19H21F5N8O. The fraction of sp³-hybridized carbons (Fsp3) is 0.526. The standard InChI is InChI=1S/C19H21F5N8O/c20-17(21)32-8-12(14(29-32)19(22,23)24)27-16(33)11-7-26-31-5-1-13(28-15(11)31)30-6-4-25-9-18(10-30)2-3-18/h1,5,7-8,14,17,25,29H,2-4,6,9-10H2,(H,27,33). The van der Waals surface area contributed by atoms with Gasteiger partial charge in [-0.05, 0) is 18.9 Å². The number of rotatable bonds is 4. The zero-order valence-corrected chi connectivity index (χ0v) is 17.2. The molecule has 1 saturated heterocycles. The highest BCUT2D eigenvalue weighted by Crippen LogP contribution is 2.46. The highest BCUT2D eigenvalue weighted by molar-refractivity contribution is 6.00. The van der Waals surface area contributed by atoms with Gasteiger partial charge in [0.25, 0.3) is 5.91 Å². The first-order valence-corrected chi connectivity index (χ1v) is 10.4. The van der Waals surface area contributed by atoms with E-state index in [1.54, 1.807) is 17.7 Å². The monoisotopic (exact) mass is 472 g/mol. The molecule has 1 aliphatic carbocycles. The van der Waals surface area contributed by atoms with Gasteiger partial charge in [0.15, 0.2) is 11.7 Å². The van der Waals surface area contributed by atoms with Gasteiger partial charge < -0.3 is 15.5 Å². The summed E-state index contributed by atoms with van der Waals surface area (Å²) >= 11 is 0. The first-order valence-electron chi connectivity index (χ1n) is 10.4. The van der Waals surface area contributed by atoms with E-state index in [1.807, 2.05) is 0 Å². The molecule has 4 heterocycles. The zero-order valence-electron chi connectivity index (χ0n) is 17.2. The summed E-state index contributed by atoms with van der Waals surface area (Å²) in [4.78, 5) is 19.5. The number of fused-ring (bicyclic) bond motifs is 1. The molecule has 178 valence electrons. The summed E-state index contributed by atoms with van der Waals surface area (Å²) in [5, 5.41) is 9.56. The Morgan fingerprint density at radius 1 is 1.30 bits per heavy atom. The van der Waals surface area contributed by atoms with Crippen molar-refractivity contribution in [3.8, 4) is 0 Å². The molecule has 5 rings (SSSR count). The quantitative estimate of drug-likeness (QED) is 0.459. The fourth-order valence-electron chi connectivity index (χ4n) is 4.16. The van der Waals surface area contributed by atoms with Gasteiger partial charge in [0.1, 0.15) is 11.4 Å². The van der Waals surface area contributed by atoms with Gasteiger partial charge in [-0.1, -0.05) is 0 Å². The van der Waals surface area contributed by atoms with Crippen molar-refractivity contribution in [3.63, 3.8) is 0 Å². The lowest BCUT2D eigenvalue weighted by atomic mass is 10.1. The number of hydrogen-bond donors (Lipinski definition) is 3. The number of nitrogens with one attached hydrogen (secondary N) is 3. The normalized spacial score (nSPS) is 22.7. The van der Waals surface area contributed by atoms with E-state index in [2.05, 4.69) is 25.6 Å². The summed E-state index contributed by atoms with van der Waals surface area (Å²) in [6.45, 7) is 0.0280. The minimum absolute atomic E-state index is 0.00130. The van der Waals surface area contributed by atoms with Crippen LogP contribution in [0, 0.1) is 5.41 Å². The summed E-state index contributed by atoms with van der Waals surface area (Å²) in [5.74, 6) is -0.296. The number of amides is 1. The molecule has 0 bridgehead atoms. The zero-order chi connectivity index (χ0) is 23.4. The van der Waals surface area contributed by atoms with E-state index in [0.717, 1.165) is 39.0 Å². The third-order valence-electron chi connectivity index (χ3n) is 6.13. The van der Waals surface area contributed by atoms with Gasteiger partial charge in [0, 0.05) is 44.0 Å². The number of anilines is 1. The van der Waals surface area contributed by atoms with Crippen molar-refractivity contribution in [2.75, 3.05) is 31.1 Å². The van der Waals surface area contributed by atoms with E-state index < -0.39 is 30.4 Å². The molecule has 1 amide bonds. The Hall–Kier alpha value is -3.00. The molecule has 3 N–H and O–H groups in total. The van der Waals surface area contributed by atoms with Crippen LogP contribution in [0.3, 0.4) is 0 Å². The summed E-state index contributed by atoms with van der Waals surface area (Å²) in [6.07, 6.45) is 0.694. The summed E-state index contributed by atoms with van der Waals surface area (Å²) in [5.41, 5.74) is 1.22. The topological polar surface area (TPSA) is 89.8 Å². The second kappa shape index (κ2) is 7.80. The summed E-state index contributed by atoms with van der Waals surface area (Å²) < 4.78 is 67.0. The Balaban J connectivity index is 1.41. The summed E-state index contributed by atoms with van der Waals surface area (Å²) in [6, 6.07) is -0.702. The van der Waals surface area contributed by atoms with Crippen LogP contribution in [0.2, 0.25) is 0 Å². The molecule has 1 atom stereocenters. The second-order valence-corrected chi connectivity index (χ2v) is 8.54. The van der Waals surface area contributed by atoms with Crippen LogP contribution >= 0.6 is 0 Å². The van der Waals surface area contributed by atoms with E-state index in [1.165, 1.54) is 10.7 Å². The lowest BCUT2D eigenvalue weighted by Gasteiger charge is -2.24. The van der Waals surface area contributed by atoms with E-state index in [0.29, 0.717) is 12.0 Å². The van der Waals surface area contributed by atoms with E-state index in [-0.39, 0.29) is 21.6 Å². The number of hydrazine groups is 1. The average molecular weight is 472 g/mol.